The highest BCUT2D eigenvalue weighted by atomic mass is 15.2. The van der Waals surface area contributed by atoms with E-state index in [1.165, 1.54) is 50.4 Å². The molecule has 5 aromatic rings. The van der Waals surface area contributed by atoms with Crippen molar-refractivity contribution in [2.45, 2.75) is 26.7 Å². The summed E-state index contributed by atoms with van der Waals surface area (Å²) in [4.78, 5) is 0. The van der Waals surface area contributed by atoms with E-state index < -0.39 is 0 Å². The van der Waals surface area contributed by atoms with Gasteiger partial charge in [-0.25, -0.2) is 4.57 Å². The predicted octanol–water partition coefficient (Wildman–Crippen LogP) is 7.22. The van der Waals surface area contributed by atoms with Gasteiger partial charge in [-0.05, 0) is 53.8 Å². The Kier molecular flexibility index (Phi) is 5.14. The SMILES string of the molecule is Cc1ccc(-c2ccccc2)cc1-c1n(-c2ccccc2C(C)C)c2ccccc2[n+]1C. The maximum Gasteiger partial charge on any atom is 0.295 e. The van der Waals surface area contributed by atoms with E-state index in [0.29, 0.717) is 5.92 Å². The third-order valence-corrected chi connectivity index (χ3v) is 6.40. The quantitative estimate of drug-likeness (QED) is 0.273. The Labute approximate surface area is 190 Å². The fraction of sp³-hybridized carbons (Fsp3) is 0.167. The average molecular weight is 418 g/mol. The van der Waals surface area contributed by atoms with Crippen LogP contribution in [0.15, 0.2) is 97.1 Å². The molecule has 0 aliphatic carbocycles. The summed E-state index contributed by atoms with van der Waals surface area (Å²) in [7, 11) is 2.18. The minimum Gasteiger partial charge on any atom is -0.225 e. The lowest BCUT2D eigenvalue weighted by atomic mass is 9.98. The summed E-state index contributed by atoms with van der Waals surface area (Å²) in [5, 5.41) is 0. The van der Waals surface area contributed by atoms with Gasteiger partial charge < -0.3 is 0 Å². The maximum atomic E-state index is 2.45. The van der Waals surface area contributed by atoms with Gasteiger partial charge >= 0.3 is 0 Å². The first-order valence-corrected chi connectivity index (χ1v) is 11.3. The largest absolute Gasteiger partial charge is 0.295 e. The van der Waals surface area contributed by atoms with Crippen molar-refractivity contribution in [2.24, 2.45) is 7.05 Å². The number of rotatable bonds is 4. The van der Waals surface area contributed by atoms with Crippen LogP contribution in [0.3, 0.4) is 0 Å². The van der Waals surface area contributed by atoms with Gasteiger partial charge in [0.25, 0.3) is 5.82 Å². The molecule has 0 bridgehead atoms. The van der Waals surface area contributed by atoms with Crippen molar-refractivity contribution >= 4 is 11.0 Å². The average Bonchev–Trinajstić information content (AvgIpc) is 3.12. The zero-order valence-electron chi connectivity index (χ0n) is 19.2. The minimum absolute atomic E-state index is 0.433. The third-order valence-electron chi connectivity index (χ3n) is 6.40. The Morgan fingerprint density at radius 2 is 1.41 bits per heavy atom. The Balaban J connectivity index is 1.86. The summed E-state index contributed by atoms with van der Waals surface area (Å²) >= 11 is 0. The van der Waals surface area contributed by atoms with E-state index in [4.69, 9.17) is 0 Å². The molecule has 0 saturated heterocycles. The first kappa shape index (κ1) is 20.3. The molecule has 0 unspecified atom stereocenters. The fourth-order valence-corrected chi connectivity index (χ4v) is 4.71. The van der Waals surface area contributed by atoms with Gasteiger partial charge in [0, 0.05) is 5.56 Å². The number of hydrogen-bond acceptors (Lipinski definition) is 0. The number of fused-ring (bicyclic) bond motifs is 1. The molecule has 4 aromatic carbocycles. The second kappa shape index (κ2) is 8.12. The minimum atomic E-state index is 0.433. The molecule has 0 aliphatic heterocycles. The molecular formula is C30H29N2+. The lowest BCUT2D eigenvalue weighted by molar-refractivity contribution is -0.633. The molecule has 0 spiro atoms. The molecule has 0 atom stereocenters. The monoisotopic (exact) mass is 417 g/mol. The molecule has 158 valence electrons. The highest BCUT2D eigenvalue weighted by Crippen LogP contribution is 2.34. The van der Waals surface area contributed by atoms with Gasteiger partial charge in [0.1, 0.15) is 5.69 Å². The molecule has 0 saturated carbocycles. The predicted molar refractivity (Wildman–Crippen MR) is 134 cm³/mol. The summed E-state index contributed by atoms with van der Waals surface area (Å²) in [6.45, 7) is 6.75. The van der Waals surface area contributed by atoms with Gasteiger partial charge in [-0.15, -0.1) is 0 Å². The Morgan fingerprint density at radius 1 is 0.719 bits per heavy atom. The van der Waals surface area contributed by atoms with E-state index in [9.17, 15) is 0 Å². The van der Waals surface area contributed by atoms with Crippen molar-refractivity contribution in [3.8, 4) is 28.2 Å². The van der Waals surface area contributed by atoms with Crippen molar-refractivity contribution in [3.05, 3.63) is 108 Å². The summed E-state index contributed by atoms with van der Waals surface area (Å²) in [5.41, 5.74) is 10.1. The van der Waals surface area contributed by atoms with Gasteiger partial charge in [-0.1, -0.05) is 86.6 Å². The van der Waals surface area contributed by atoms with E-state index in [1.807, 2.05) is 0 Å². The van der Waals surface area contributed by atoms with E-state index in [1.54, 1.807) is 0 Å². The molecule has 0 amide bonds. The zero-order valence-corrected chi connectivity index (χ0v) is 19.2. The summed E-state index contributed by atoms with van der Waals surface area (Å²) in [5.74, 6) is 1.64. The first-order valence-electron chi connectivity index (χ1n) is 11.3. The smallest absolute Gasteiger partial charge is 0.225 e. The van der Waals surface area contributed by atoms with Crippen molar-refractivity contribution < 1.29 is 4.57 Å². The van der Waals surface area contributed by atoms with Crippen LogP contribution < -0.4 is 4.57 Å². The Bertz CT molecular complexity index is 1410. The number of aryl methyl sites for hydroxylation is 2. The third kappa shape index (κ3) is 3.33. The van der Waals surface area contributed by atoms with Gasteiger partial charge in [-0.2, -0.15) is 4.57 Å². The van der Waals surface area contributed by atoms with Crippen molar-refractivity contribution in [1.82, 2.24) is 4.57 Å². The molecule has 2 heteroatoms. The molecule has 0 aliphatic rings. The lowest BCUT2D eigenvalue weighted by Gasteiger charge is -2.13. The van der Waals surface area contributed by atoms with Crippen LogP contribution in [0.4, 0.5) is 0 Å². The summed E-state index contributed by atoms with van der Waals surface area (Å²) in [6, 6.07) is 34.9. The number of hydrogen-bond donors (Lipinski definition) is 0. The maximum absolute atomic E-state index is 2.45. The van der Waals surface area contributed by atoms with Crippen LogP contribution in [0.1, 0.15) is 30.9 Å². The standard InChI is InChI=1S/C30H29N2/c1-21(2)25-14-8-9-15-27(25)32-29-17-11-10-16-28(29)31(4)30(32)26-20-24(19-18-22(26)3)23-12-6-5-7-13-23/h5-21H,1-4H3/q+1. The lowest BCUT2D eigenvalue weighted by Crippen LogP contribution is -2.30. The van der Waals surface area contributed by atoms with Crippen molar-refractivity contribution in [1.29, 1.82) is 0 Å². The number of para-hydroxylation sites is 3. The molecule has 1 heterocycles. The van der Waals surface area contributed by atoms with Gasteiger partial charge in [-0.3, -0.25) is 0 Å². The highest BCUT2D eigenvalue weighted by molar-refractivity contribution is 5.81. The number of aromatic nitrogens is 2. The van der Waals surface area contributed by atoms with Gasteiger partial charge in [0.2, 0.25) is 0 Å². The van der Waals surface area contributed by atoms with Crippen molar-refractivity contribution in [3.63, 3.8) is 0 Å². The fourth-order valence-electron chi connectivity index (χ4n) is 4.71. The molecule has 0 N–H and O–H groups in total. The van der Waals surface area contributed by atoms with Crippen LogP contribution in [-0.2, 0) is 7.05 Å². The van der Waals surface area contributed by atoms with E-state index >= 15 is 0 Å². The first-order chi connectivity index (χ1) is 15.6. The molecule has 1 aromatic heterocycles. The number of nitrogens with zero attached hydrogens (tertiary/aromatic N) is 2. The topological polar surface area (TPSA) is 8.81 Å². The molecule has 0 radical (unpaired) electrons. The number of benzene rings is 4. The van der Waals surface area contributed by atoms with E-state index in [0.717, 1.165) is 0 Å². The van der Waals surface area contributed by atoms with Crippen LogP contribution in [0, 0.1) is 6.92 Å². The molecule has 2 nitrogen and oxygen atoms in total. The molecule has 32 heavy (non-hydrogen) atoms. The van der Waals surface area contributed by atoms with Crippen LogP contribution in [0.25, 0.3) is 39.2 Å². The summed E-state index contributed by atoms with van der Waals surface area (Å²) < 4.78 is 4.78. The van der Waals surface area contributed by atoms with E-state index in [-0.39, 0.29) is 0 Å². The second-order valence-corrected chi connectivity index (χ2v) is 8.82. The second-order valence-electron chi connectivity index (χ2n) is 8.82. The van der Waals surface area contributed by atoms with Gasteiger partial charge in [0.15, 0.2) is 11.0 Å². The summed E-state index contributed by atoms with van der Waals surface area (Å²) in [6.07, 6.45) is 0. The number of imidazole rings is 1. The Hall–Kier alpha value is -3.65. The molecular weight excluding hydrogens is 388 g/mol. The molecule has 0 fully saturated rings. The molecule has 5 rings (SSSR count). The van der Waals surface area contributed by atoms with Crippen molar-refractivity contribution in [2.75, 3.05) is 0 Å². The van der Waals surface area contributed by atoms with E-state index in [2.05, 4.69) is 134 Å². The van der Waals surface area contributed by atoms with Gasteiger partial charge in [0.05, 0.1) is 12.6 Å². The van der Waals surface area contributed by atoms with Crippen LogP contribution in [-0.4, -0.2) is 4.57 Å². The normalized spacial score (nSPS) is 11.4. The van der Waals surface area contributed by atoms with Crippen LogP contribution in [0.5, 0.6) is 0 Å². The zero-order chi connectivity index (χ0) is 22.2. The van der Waals surface area contributed by atoms with Crippen LogP contribution in [0.2, 0.25) is 0 Å². The Morgan fingerprint density at radius 3 is 2.19 bits per heavy atom. The van der Waals surface area contributed by atoms with Crippen LogP contribution >= 0.6 is 0 Å². The highest BCUT2D eigenvalue weighted by Gasteiger charge is 2.28.